The van der Waals surface area contributed by atoms with Gasteiger partial charge in [0.25, 0.3) is 0 Å². The van der Waals surface area contributed by atoms with Crippen LogP contribution in [0.2, 0.25) is 0 Å². The van der Waals surface area contributed by atoms with E-state index >= 15 is 0 Å². The van der Waals surface area contributed by atoms with Crippen LogP contribution in [0.1, 0.15) is 40.0 Å². The molecule has 3 N–H and O–H groups in total. The van der Waals surface area contributed by atoms with Crippen molar-refractivity contribution in [2.24, 2.45) is 0 Å². The van der Waals surface area contributed by atoms with E-state index in [2.05, 4.69) is 24.1 Å². The number of aliphatic hydroxyl groups excluding tert-OH is 1. The predicted octanol–water partition coefficient (Wildman–Crippen LogP) is 0.200. The van der Waals surface area contributed by atoms with Crippen molar-refractivity contribution < 1.29 is 19.8 Å². The molecule has 6 heteroatoms. The zero-order valence-electron chi connectivity index (χ0n) is 11.8. The second kappa shape index (κ2) is 6.86. The van der Waals surface area contributed by atoms with Gasteiger partial charge in [-0.05, 0) is 33.6 Å². The van der Waals surface area contributed by atoms with Crippen LogP contribution in [0.15, 0.2) is 0 Å². The van der Waals surface area contributed by atoms with Crippen LogP contribution >= 0.6 is 0 Å². The molecule has 19 heavy (non-hydrogen) atoms. The maximum Gasteiger partial charge on any atom is 0.326 e. The summed E-state index contributed by atoms with van der Waals surface area (Å²) in [6.07, 6.45) is 2.13. The lowest BCUT2D eigenvalue weighted by atomic mass is 10.1. The molecule has 0 aromatic heterocycles. The van der Waals surface area contributed by atoms with Gasteiger partial charge in [0, 0.05) is 25.1 Å². The minimum Gasteiger partial charge on any atom is -0.480 e. The number of carbonyl (C=O) groups excluding carboxylic acids is 1. The Labute approximate surface area is 113 Å². The minimum absolute atomic E-state index is 0.0267. The van der Waals surface area contributed by atoms with Crippen LogP contribution in [-0.4, -0.2) is 57.8 Å². The number of hydrogen-bond acceptors (Lipinski definition) is 4. The monoisotopic (exact) mass is 272 g/mol. The van der Waals surface area contributed by atoms with Gasteiger partial charge in [-0.25, -0.2) is 4.79 Å². The van der Waals surface area contributed by atoms with E-state index in [0.717, 1.165) is 12.8 Å². The molecule has 0 saturated carbocycles. The van der Waals surface area contributed by atoms with E-state index in [9.17, 15) is 9.59 Å². The summed E-state index contributed by atoms with van der Waals surface area (Å²) >= 11 is 0. The van der Waals surface area contributed by atoms with E-state index in [4.69, 9.17) is 10.2 Å². The molecule has 3 unspecified atom stereocenters. The molecule has 0 radical (unpaired) electrons. The Bertz CT molecular complexity index is 325. The number of nitrogens with one attached hydrogen (secondary N) is 1. The highest BCUT2D eigenvalue weighted by Gasteiger charge is 2.35. The molecular formula is C13H24N2O4. The number of rotatable bonds is 6. The number of amides is 1. The minimum atomic E-state index is -1.11. The van der Waals surface area contributed by atoms with Gasteiger partial charge >= 0.3 is 5.97 Å². The first-order valence-corrected chi connectivity index (χ1v) is 6.80. The van der Waals surface area contributed by atoms with Crippen LogP contribution in [0, 0.1) is 0 Å². The van der Waals surface area contributed by atoms with Crippen LogP contribution in [0.25, 0.3) is 0 Å². The van der Waals surface area contributed by atoms with Crippen molar-refractivity contribution in [2.45, 2.75) is 64.2 Å². The Balaban J connectivity index is 2.63. The number of aliphatic hydroxyl groups is 1. The van der Waals surface area contributed by atoms with Gasteiger partial charge < -0.3 is 15.5 Å². The standard InChI is InChI=1S/C13H24N2O4/c1-8-4-5-9(2)15(8)10(3)12(17)14-11(6-7-16)13(18)19/h8-11,16H,4-7H2,1-3H3,(H,14,17)(H,18,19)/t8?,9?,10?,11-/m0/s1. The first kappa shape index (κ1) is 15.9. The van der Waals surface area contributed by atoms with Crippen molar-refractivity contribution in [2.75, 3.05) is 6.61 Å². The summed E-state index contributed by atoms with van der Waals surface area (Å²) in [7, 11) is 0. The first-order valence-electron chi connectivity index (χ1n) is 6.80. The quantitative estimate of drug-likeness (QED) is 0.642. The van der Waals surface area contributed by atoms with Gasteiger partial charge in [0.05, 0.1) is 6.04 Å². The van der Waals surface area contributed by atoms with Crippen molar-refractivity contribution in [1.82, 2.24) is 10.2 Å². The second-order valence-electron chi connectivity index (χ2n) is 5.31. The summed E-state index contributed by atoms with van der Waals surface area (Å²) in [6.45, 7) is 5.69. The van der Waals surface area contributed by atoms with Crippen LogP contribution in [0.3, 0.4) is 0 Å². The van der Waals surface area contributed by atoms with Crippen LogP contribution in [0.5, 0.6) is 0 Å². The lowest BCUT2D eigenvalue weighted by Gasteiger charge is -2.32. The van der Waals surface area contributed by atoms with E-state index in [1.165, 1.54) is 0 Å². The molecule has 0 spiro atoms. The lowest BCUT2D eigenvalue weighted by molar-refractivity contribution is -0.143. The maximum atomic E-state index is 12.1. The summed E-state index contributed by atoms with van der Waals surface area (Å²) in [5, 5.41) is 20.3. The van der Waals surface area contributed by atoms with E-state index in [0.29, 0.717) is 12.1 Å². The van der Waals surface area contributed by atoms with Gasteiger partial charge in [-0.3, -0.25) is 9.69 Å². The highest BCUT2D eigenvalue weighted by atomic mass is 16.4. The molecule has 1 aliphatic heterocycles. The molecule has 1 aliphatic rings. The number of nitrogens with zero attached hydrogens (tertiary/aromatic N) is 1. The second-order valence-corrected chi connectivity index (χ2v) is 5.31. The predicted molar refractivity (Wildman–Crippen MR) is 70.7 cm³/mol. The molecule has 0 bridgehead atoms. The third-order valence-corrected chi connectivity index (χ3v) is 3.88. The van der Waals surface area contributed by atoms with Crippen LogP contribution in [-0.2, 0) is 9.59 Å². The van der Waals surface area contributed by atoms with Gasteiger partial charge in [0.2, 0.25) is 5.91 Å². The normalized spacial score (nSPS) is 26.9. The molecule has 1 fully saturated rings. The molecule has 1 amide bonds. The molecule has 1 rings (SSSR count). The van der Waals surface area contributed by atoms with Gasteiger partial charge in [0.15, 0.2) is 0 Å². The van der Waals surface area contributed by atoms with Crippen molar-refractivity contribution >= 4 is 11.9 Å². The summed E-state index contributed by atoms with van der Waals surface area (Å²) < 4.78 is 0. The Kier molecular flexibility index (Phi) is 5.75. The highest BCUT2D eigenvalue weighted by Crippen LogP contribution is 2.25. The van der Waals surface area contributed by atoms with Gasteiger partial charge in [0.1, 0.15) is 6.04 Å². The van der Waals surface area contributed by atoms with Gasteiger partial charge in [-0.2, -0.15) is 0 Å². The van der Waals surface area contributed by atoms with Crippen molar-refractivity contribution in [3.05, 3.63) is 0 Å². The highest BCUT2D eigenvalue weighted by molar-refractivity contribution is 5.86. The van der Waals surface area contributed by atoms with E-state index < -0.39 is 12.0 Å². The average Bonchev–Trinajstić information content (AvgIpc) is 2.67. The molecule has 0 aliphatic carbocycles. The summed E-state index contributed by atoms with van der Waals surface area (Å²) in [5.74, 6) is -1.40. The third kappa shape index (κ3) is 3.91. The molecule has 110 valence electrons. The fourth-order valence-electron chi connectivity index (χ4n) is 2.79. The zero-order valence-corrected chi connectivity index (χ0v) is 11.8. The number of carbonyl (C=O) groups is 2. The zero-order chi connectivity index (χ0) is 14.6. The molecule has 6 nitrogen and oxygen atoms in total. The molecule has 0 aromatic rings. The summed E-state index contributed by atoms with van der Waals surface area (Å²) in [6, 6.07) is -0.713. The Morgan fingerprint density at radius 3 is 2.26 bits per heavy atom. The van der Waals surface area contributed by atoms with E-state index in [-0.39, 0.29) is 25.0 Å². The number of likely N-dealkylation sites (tertiary alicyclic amines) is 1. The first-order chi connectivity index (χ1) is 8.88. The van der Waals surface area contributed by atoms with Crippen molar-refractivity contribution in [1.29, 1.82) is 0 Å². The number of aliphatic carboxylic acids is 1. The molecule has 0 aromatic carbocycles. The maximum absolute atomic E-state index is 12.1. The van der Waals surface area contributed by atoms with Gasteiger partial charge in [-0.15, -0.1) is 0 Å². The lowest BCUT2D eigenvalue weighted by Crippen LogP contribution is -2.53. The van der Waals surface area contributed by atoms with E-state index in [1.807, 2.05) is 0 Å². The summed E-state index contributed by atoms with van der Waals surface area (Å²) in [5.41, 5.74) is 0. The topological polar surface area (TPSA) is 89.9 Å². The fourth-order valence-corrected chi connectivity index (χ4v) is 2.79. The average molecular weight is 272 g/mol. The van der Waals surface area contributed by atoms with Gasteiger partial charge in [-0.1, -0.05) is 0 Å². The third-order valence-electron chi connectivity index (χ3n) is 3.88. The Morgan fingerprint density at radius 2 is 1.84 bits per heavy atom. The molecule has 4 atom stereocenters. The molecule has 1 saturated heterocycles. The van der Waals surface area contributed by atoms with Crippen molar-refractivity contribution in [3.8, 4) is 0 Å². The van der Waals surface area contributed by atoms with Crippen LogP contribution in [0.4, 0.5) is 0 Å². The van der Waals surface area contributed by atoms with Crippen molar-refractivity contribution in [3.63, 3.8) is 0 Å². The largest absolute Gasteiger partial charge is 0.480 e. The smallest absolute Gasteiger partial charge is 0.326 e. The van der Waals surface area contributed by atoms with Crippen LogP contribution < -0.4 is 5.32 Å². The SMILES string of the molecule is CC1CCC(C)N1C(C)C(=O)N[C@@H](CCO)C(=O)O. The molecule has 1 heterocycles. The van der Waals surface area contributed by atoms with E-state index in [1.54, 1.807) is 6.92 Å². The fraction of sp³-hybridized carbons (Fsp3) is 0.846. The number of carboxylic acids is 1. The Morgan fingerprint density at radius 1 is 1.32 bits per heavy atom. The Hall–Kier alpha value is -1.14. The summed E-state index contributed by atoms with van der Waals surface area (Å²) in [4.78, 5) is 25.2. The molecular weight excluding hydrogens is 248 g/mol. The number of hydrogen-bond donors (Lipinski definition) is 3. The number of carboxylic acid groups (broad SMARTS) is 1.